The second-order valence-corrected chi connectivity index (χ2v) is 8.03. The van der Waals surface area contributed by atoms with Crippen LogP contribution < -0.4 is 10.6 Å². The molecular formula is C23H28FN3O2. The molecule has 2 amide bonds. The van der Waals surface area contributed by atoms with Crippen LogP contribution in [0, 0.1) is 12.7 Å². The second kappa shape index (κ2) is 8.31. The van der Waals surface area contributed by atoms with Crippen molar-refractivity contribution in [3.05, 3.63) is 53.0 Å². The highest BCUT2D eigenvalue weighted by atomic mass is 19.1. The zero-order valence-electron chi connectivity index (χ0n) is 17.4. The normalized spacial score (nSPS) is 13.8. The van der Waals surface area contributed by atoms with E-state index in [1.165, 1.54) is 12.3 Å². The number of rotatable bonds is 7. The first-order chi connectivity index (χ1) is 13.8. The molecule has 0 saturated heterocycles. The van der Waals surface area contributed by atoms with Crippen molar-refractivity contribution in [1.29, 1.82) is 0 Å². The number of hydrogen-bond donors (Lipinski definition) is 2. The van der Waals surface area contributed by atoms with E-state index in [0.29, 0.717) is 22.4 Å². The van der Waals surface area contributed by atoms with Gasteiger partial charge in [-0.25, -0.2) is 4.39 Å². The smallest absolute Gasteiger partial charge is 0.253 e. The number of halogens is 1. The lowest BCUT2D eigenvalue weighted by molar-refractivity contribution is 0.0899. The van der Waals surface area contributed by atoms with Crippen molar-refractivity contribution in [1.82, 2.24) is 15.6 Å². The molecule has 6 heteroatoms. The van der Waals surface area contributed by atoms with Gasteiger partial charge in [0, 0.05) is 28.9 Å². The minimum absolute atomic E-state index is 0.185. The van der Waals surface area contributed by atoms with Crippen LogP contribution in [0.1, 0.15) is 72.7 Å². The van der Waals surface area contributed by atoms with Gasteiger partial charge in [-0.1, -0.05) is 13.8 Å². The number of pyridine rings is 1. The van der Waals surface area contributed by atoms with Crippen LogP contribution in [0.25, 0.3) is 11.3 Å². The molecule has 1 fully saturated rings. The molecule has 3 rings (SSSR count). The highest BCUT2D eigenvalue weighted by Crippen LogP contribution is 2.27. The molecule has 154 valence electrons. The summed E-state index contributed by atoms with van der Waals surface area (Å²) in [7, 11) is 0. The fourth-order valence-corrected chi connectivity index (χ4v) is 3.03. The summed E-state index contributed by atoms with van der Waals surface area (Å²) in [5.74, 6) is -0.911. The summed E-state index contributed by atoms with van der Waals surface area (Å²) in [5.41, 5.74) is 1.95. The quantitative estimate of drug-likeness (QED) is 0.728. The minimum atomic E-state index is -0.450. The Morgan fingerprint density at radius 3 is 2.38 bits per heavy atom. The molecule has 0 radical (unpaired) electrons. The van der Waals surface area contributed by atoms with Gasteiger partial charge in [-0.05, 0) is 69.4 Å². The monoisotopic (exact) mass is 397 g/mol. The van der Waals surface area contributed by atoms with Gasteiger partial charge in [0.2, 0.25) is 0 Å². The van der Waals surface area contributed by atoms with Crippen molar-refractivity contribution < 1.29 is 14.0 Å². The number of nitrogens with one attached hydrogen (secondary N) is 2. The number of carbonyl (C=O) groups excluding carboxylic acids is 2. The van der Waals surface area contributed by atoms with Gasteiger partial charge < -0.3 is 10.6 Å². The second-order valence-electron chi connectivity index (χ2n) is 8.03. The first kappa shape index (κ1) is 21.0. The summed E-state index contributed by atoms with van der Waals surface area (Å²) >= 11 is 0. The van der Waals surface area contributed by atoms with E-state index in [1.54, 1.807) is 25.1 Å². The van der Waals surface area contributed by atoms with E-state index < -0.39 is 5.82 Å². The lowest BCUT2D eigenvalue weighted by Gasteiger charge is -2.28. The molecular weight excluding hydrogens is 369 g/mol. The molecule has 1 aliphatic carbocycles. The van der Waals surface area contributed by atoms with E-state index in [-0.39, 0.29) is 29.0 Å². The fraction of sp³-hybridized carbons (Fsp3) is 0.435. The molecule has 0 spiro atoms. The maximum Gasteiger partial charge on any atom is 0.253 e. The van der Waals surface area contributed by atoms with E-state index in [0.717, 1.165) is 25.7 Å². The van der Waals surface area contributed by atoms with Gasteiger partial charge in [0.15, 0.2) is 0 Å². The molecule has 1 heterocycles. The van der Waals surface area contributed by atoms with Crippen molar-refractivity contribution in [2.24, 2.45) is 0 Å². The molecule has 29 heavy (non-hydrogen) atoms. The first-order valence-electron chi connectivity index (χ1n) is 10.2. The van der Waals surface area contributed by atoms with Crippen molar-refractivity contribution in [3.8, 4) is 11.3 Å². The summed E-state index contributed by atoms with van der Waals surface area (Å²) in [4.78, 5) is 29.2. The van der Waals surface area contributed by atoms with Crippen molar-refractivity contribution >= 4 is 11.8 Å². The predicted octanol–water partition coefficient (Wildman–Crippen LogP) is 4.40. The molecule has 1 aromatic carbocycles. The molecule has 0 bridgehead atoms. The maximum absolute atomic E-state index is 14.4. The van der Waals surface area contributed by atoms with Crippen molar-refractivity contribution in [2.45, 2.75) is 65.0 Å². The highest BCUT2D eigenvalue weighted by molar-refractivity contribution is 5.96. The van der Waals surface area contributed by atoms with Crippen molar-refractivity contribution in [3.63, 3.8) is 0 Å². The Balaban J connectivity index is 1.84. The van der Waals surface area contributed by atoms with Gasteiger partial charge in [-0.2, -0.15) is 0 Å². The summed E-state index contributed by atoms with van der Waals surface area (Å²) in [5, 5.41) is 5.92. The number of carbonyl (C=O) groups is 2. The number of benzene rings is 1. The average Bonchev–Trinajstić information content (AvgIpc) is 3.53. The van der Waals surface area contributed by atoms with E-state index >= 15 is 0 Å². The van der Waals surface area contributed by atoms with Gasteiger partial charge in [-0.15, -0.1) is 0 Å². The zero-order chi connectivity index (χ0) is 21.2. The summed E-state index contributed by atoms with van der Waals surface area (Å²) < 4.78 is 14.4. The van der Waals surface area contributed by atoms with Crippen LogP contribution in [0.4, 0.5) is 4.39 Å². The van der Waals surface area contributed by atoms with Gasteiger partial charge in [0.05, 0.1) is 11.3 Å². The van der Waals surface area contributed by atoms with Crippen LogP contribution in [0.3, 0.4) is 0 Å². The molecule has 2 aromatic rings. The third-order valence-corrected chi connectivity index (χ3v) is 5.80. The Kier molecular flexibility index (Phi) is 6.01. The zero-order valence-corrected chi connectivity index (χ0v) is 17.4. The van der Waals surface area contributed by atoms with Crippen LogP contribution >= 0.6 is 0 Å². The first-order valence-corrected chi connectivity index (χ1v) is 10.2. The molecule has 1 saturated carbocycles. The van der Waals surface area contributed by atoms with Gasteiger partial charge in [0.1, 0.15) is 5.82 Å². The van der Waals surface area contributed by atoms with E-state index in [1.807, 2.05) is 20.8 Å². The molecule has 2 N–H and O–H groups in total. The lowest BCUT2D eigenvalue weighted by Crippen LogP contribution is -2.44. The van der Waals surface area contributed by atoms with Gasteiger partial charge >= 0.3 is 0 Å². The van der Waals surface area contributed by atoms with E-state index in [2.05, 4.69) is 15.6 Å². The number of nitrogens with zero attached hydrogens (tertiary/aromatic N) is 1. The molecule has 0 unspecified atom stereocenters. The third kappa shape index (κ3) is 4.81. The topological polar surface area (TPSA) is 71.1 Å². The summed E-state index contributed by atoms with van der Waals surface area (Å²) in [6, 6.07) is 6.48. The Hall–Kier alpha value is -2.76. The SMILES string of the molecule is CCC(C)(CC)NC(=O)c1ccc(-c2cc(C(=O)NC3CC3)cc(F)c2C)nc1. The Bertz CT molecular complexity index is 916. The Morgan fingerprint density at radius 2 is 1.83 bits per heavy atom. The van der Waals surface area contributed by atoms with Crippen LogP contribution in [-0.2, 0) is 0 Å². The van der Waals surface area contributed by atoms with Crippen LogP contribution in [-0.4, -0.2) is 28.4 Å². The largest absolute Gasteiger partial charge is 0.349 e. The third-order valence-electron chi connectivity index (χ3n) is 5.80. The fourth-order valence-electron chi connectivity index (χ4n) is 3.03. The maximum atomic E-state index is 14.4. The Labute approximate surface area is 171 Å². The minimum Gasteiger partial charge on any atom is -0.349 e. The van der Waals surface area contributed by atoms with Crippen LogP contribution in [0.5, 0.6) is 0 Å². The van der Waals surface area contributed by atoms with Gasteiger partial charge in [0.25, 0.3) is 11.8 Å². The molecule has 5 nitrogen and oxygen atoms in total. The number of hydrogen-bond acceptors (Lipinski definition) is 3. The molecule has 0 aliphatic heterocycles. The van der Waals surface area contributed by atoms with E-state index in [9.17, 15) is 14.0 Å². The van der Waals surface area contributed by atoms with E-state index in [4.69, 9.17) is 0 Å². The van der Waals surface area contributed by atoms with Crippen LogP contribution in [0.2, 0.25) is 0 Å². The molecule has 0 atom stereocenters. The number of aromatic nitrogens is 1. The summed E-state index contributed by atoms with van der Waals surface area (Å²) in [6.45, 7) is 7.74. The molecule has 1 aromatic heterocycles. The molecule has 1 aliphatic rings. The predicted molar refractivity (Wildman–Crippen MR) is 111 cm³/mol. The number of amides is 2. The highest BCUT2D eigenvalue weighted by Gasteiger charge is 2.25. The van der Waals surface area contributed by atoms with Crippen LogP contribution in [0.15, 0.2) is 30.5 Å². The summed E-state index contributed by atoms with van der Waals surface area (Å²) in [6.07, 6.45) is 5.08. The Morgan fingerprint density at radius 1 is 1.14 bits per heavy atom. The standard InChI is InChI=1S/C23H28FN3O2/c1-5-23(4,6-2)27-22(29)15-7-10-20(25-13-15)18-11-16(12-19(24)14(18)3)21(28)26-17-8-9-17/h7,10-13,17H,5-6,8-9H2,1-4H3,(H,26,28)(H,27,29). The van der Waals surface area contributed by atoms with Crippen molar-refractivity contribution in [2.75, 3.05) is 0 Å². The lowest BCUT2D eigenvalue weighted by atomic mass is 9.95. The van der Waals surface area contributed by atoms with Gasteiger partial charge in [-0.3, -0.25) is 14.6 Å². The average molecular weight is 397 g/mol.